The smallest absolute Gasteiger partial charge is 0.220 e. The highest BCUT2D eigenvalue weighted by atomic mass is 16.3. The molecule has 0 bridgehead atoms. The van der Waals surface area contributed by atoms with Crippen LogP contribution in [0.2, 0.25) is 0 Å². The van der Waals surface area contributed by atoms with Gasteiger partial charge in [0.05, 0.1) is 12.7 Å². The molecule has 0 saturated heterocycles. The van der Waals surface area contributed by atoms with E-state index in [-0.39, 0.29) is 12.5 Å². The molecule has 5 heteroatoms. The van der Waals surface area contributed by atoms with Gasteiger partial charge in [0.1, 0.15) is 0 Å². The summed E-state index contributed by atoms with van der Waals surface area (Å²) in [5, 5.41) is 23.1. The van der Waals surface area contributed by atoms with Crippen molar-refractivity contribution in [1.82, 2.24) is 10.6 Å². The lowest BCUT2D eigenvalue weighted by Crippen LogP contribution is -2.36. The van der Waals surface area contributed by atoms with Crippen molar-refractivity contribution in [3.63, 3.8) is 0 Å². The average molecular weight is 204 g/mol. The summed E-state index contributed by atoms with van der Waals surface area (Å²) < 4.78 is 0. The number of aliphatic hydroxyl groups excluding tert-OH is 2. The summed E-state index contributed by atoms with van der Waals surface area (Å²) in [6.45, 7) is 3.22. The fourth-order valence-corrected chi connectivity index (χ4v) is 0.939. The van der Waals surface area contributed by atoms with Crippen molar-refractivity contribution in [1.29, 1.82) is 0 Å². The van der Waals surface area contributed by atoms with Crippen LogP contribution in [0, 0.1) is 0 Å². The molecule has 1 amide bonds. The number of nitrogens with one attached hydrogen (secondary N) is 2. The van der Waals surface area contributed by atoms with Gasteiger partial charge in [0.25, 0.3) is 0 Å². The van der Waals surface area contributed by atoms with Crippen molar-refractivity contribution < 1.29 is 15.0 Å². The number of amides is 1. The molecular formula is C9H20N2O3. The molecule has 0 fully saturated rings. The molecule has 0 aromatic rings. The SMILES string of the molecule is CCCC(=O)NCCNCC(O)CO. The quantitative estimate of drug-likeness (QED) is 0.376. The maximum atomic E-state index is 11.0. The molecule has 1 atom stereocenters. The second-order valence-corrected chi connectivity index (χ2v) is 3.14. The zero-order valence-corrected chi connectivity index (χ0v) is 8.62. The monoisotopic (exact) mass is 204 g/mol. The van der Waals surface area contributed by atoms with Gasteiger partial charge in [0.15, 0.2) is 0 Å². The first kappa shape index (κ1) is 13.4. The number of carbonyl (C=O) groups is 1. The predicted octanol–water partition coefficient (Wildman–Crippen LogP) is -1.15. The van der Waals surface area contributed by atoms with Gasteiger partial charge in [-0.1, -0.05) is 6.92 Å². The average Bonchev–Trinajstić information content (AvgIpc) is 2.17. The Morgan fingerprint density at radius 3 is 2.71 bits per heavy atom. The molecule has 4 N–H and O–H groups in total. The van der Waals surface area contributed by atoms with E-state index < -0.39 is 6.10 Å². The highest BCUT2D eigenvalue weighted by Crippen LogP contribution is 1.84. The minimum atomic E-state index is -0.721. The molecule has 0 saturated carbocycles. The third-order valence-corrected chi connectivity index (χ3v) is 1.69. The second kappa shape index (κ2) is 8.93. The fourth-order valence-electron chi connectivity index (χ4n) is 0.939. The van der Waals surface area contributed by atoms with Gasteiger partial charge in [-0.25, -0.2) is 0 Å². The van der Waals surface area contributed by atoms with Gasteiger partial charge in [0.2, 0.25) is 5.91 Å². The van der Waals surface area contributed by atoms with Crippen molar-refractivity contribution in [2.45, 2.75) is 25.9 Å². The Balaban J connectivity index is 3.17. The molecule has 14 heavy (non-hydrogen) atoms. The van der Waals surface area contributed by atoms with Gasteiger partial charge in [-0.05, 0) is 6.42 Å². The Kier molecular flexibility index (Phi) is 8.51. The lowest BCUT2D eigenvalue weighted by atomic mass is 10.3. The van der Waals surface area contributed by atoms with E-state index in [4.69, 9.17) is 10.2 Å². The summed E-state index contributed by atoms with van der Waals surface area (Å²) >= 11 is 0. The molecule has 0 rings (SSSR count). The van der Waals surface area contributed by atoms with E-state index in [1.165, 1.54) is 0 Å². The first-order valence-electron chi connectivity index (χ1n) is 4.97. The van der Waals surface area contributed by atoms with E-state index in [0.29, 0.717) is 26.1 Å². The molecule has 84 valence electrons. The van der Waals surface area contributed by atoms with Crippen LogP contribution in [-0.2, 0) is 4.79 Å². The Morgan fingerprint density at radius 2 is 2.14 bits per heavy atom. The topological polar surface area (TPSA) is 81.6 Å². The van der Waals surface area contributed by atoms with Crippen LogP contribution < -0.4 is 10.6 Å². The van der Waals surface area contributed by atoms with Crippen LogP contribution in [0.1, 0.15) is 19.8 Å². The molecular weight excluding hydrogens is 184 g/mol. The van der Waals surface area contributed by atoms with Gasteiger partial charge in [0, 0.05) is 26.1 Å². The number of aliphatic hydroxyl groups is 2. The number of hydrogen-bond donors (Lipinski definition) is 4. The Bertz CT molecular complexity index is 153. The number of rotatable bonds is 8. The van der Waals surface area contributed by atoms with E-state index in [1.807, 2.05) is 6.92 Å². The van der Waals surface area contributed by atoms with Gasteiger partial charge < -0.3 is 20.8 Å². The Hall–Kier alpha value is -0.650. The van der Waals surface area contributed by atoms with Gasteiger partial charge in [-0.2, -0.15) is 0 Å². The molecule has 5 nitrogen and oxygen atoms in total. The third-order valence-electron chi connectivity index (χ3n) is 1.69. The fraction of sp³-hybridized carbons (Fsp3) is 0.889. The summed E-state index contributed by atoms with van der Waals surface area (Å²) in [5.41, 5.74) is 0. The molecule has 0 aliphatic carbocycles. The highest BCUT2D eigenvalue weighted by molar-refractivity contribution is 5.75. The van der Waals surface area contributed by atoms with Crippen LogP contribution >= 0.6 is 0 Å². The van der Waals surface area contributed by atoms with Crippen LogP contribution in [-0.4, -0.2) is 48.5 Å². The number of hydrogen-bond acceptors (Lipinski definition) is 4. The molecule has 0 aromatic heterocycles. The third kappa shape index (κ3) is 7.97. The Labute approximate surface area is 84.5 Å². The molecule has 0 aliphatic heterocycles. The maximum absolute atomic E-state index is 11.0. The van der Waals surface area contributed by atoms with Crippen LogP contribution in [0.4, 0.5) is 0 Å². The van der Waals surface area contributed by atoms with Crippen LogP contribution in [0.25, 0.3) is 0 Å². The number of carbonyl (C=O) groups excluding carboxylic acids is 1. The Morgan fingerprint density at radius 1 is 1.43 bits per heavy atom. The summed E-state index contributed by atoms with van der Waals surface area (Å²) in [6.07, 6.45) is 0.684. The van der Waals surface area contributed by atoms with Crippen LogP contribution in [0.15, 0.2) is 0 Å². The first-order valence-corrected chi connectivity index (χ1v) is 4.97. The van der Waals surface area contributed by atoms with Crippen molar-refractivity contribution in [3.05, 3.63) is 0 Å². The van der Waals surface area contributed by atoms with Gasteiger partial charge in [-0.15, -0.1) is 0 Å². The van der Waals surface area contributed by atoms with Gasteiger partial charge in [-0.3, -0.25) is 4.79 Å². The molecule has 0 aromatic carbocycles. The normalized spacial score (nSPS) is 12.5. The minimum Gasteiger partial charge on any atom is -0.394 e. The zero-order chi connectivity index (χ0) is 10.8. The summed E-state index contributed by atoms with van der Waals surface area (Å²) in [4.78, 5) is 11.0. The lowest BCUT2D eigenvalue weighted by molar-refractivity contribution is -0.121. The van der Waals surface area contributed by atoms with E-state index >= 15 is 0 Å². The minimum absolute atomic E-state index is 0.0528. The molecule has 0 aliphatic rings. The summed E-state index contributed by atoms with van der Waals surface area (Å²) in [6, 6.07) is 0. The summed E-state index contributed by atoms with van der Waals surface area (Å²) in [5.74, 6) is 0.0528. The van der Waals surface area contributed by atoms with E-state index in [0.717, 1.165) is 6.42 Å². The standard InChI is InChI=1S/C9H20N2O3/c1-2-3-9(14)11-5-4-10-6-8(13)7-12/h8,10,12-13H,2-7H2,1H3,(H,11,14). The molecule has 0 spiro atoms. The largest absolute Gasteiger partial charge is 0.394 e. The lowest BCUT2D eigenvalue weighted by Gasteiger charge is -2.09. The van der Waals surface area contributed by atoms with Crippen molar-refractivity contribution in [2.75, 3.05) is 26.2 Å². The van der Waals surface area contributed by atoms with Crippen LogP contribution in [0.3, 0.4) is 0 Å². The van der Waals surface area contributed by atoms with E-state index in [2.05, 4.69) is 10.6 Å². The van der Waals surface area contributed by atoms with Crippen molar-refractivity contribution >= 4 is 5.91 Å². The van der Waals surface area contributed by atoms with Crippen molar-refractivity contribution in [3.8, 4) is 0 Å². The zero-order valence-electron chi connectivity index (χ0n) is 8.62. The predicted molar refractivity (Wildman–Crippen MR) is 53.9 cm³/mol. The molecule has 0 heterocycles. The first-order chi connectivity index (χ1) is 6.70. The second-order valence-electron chi connectivity index (χ2n) is 3.14. The van der Waals surface area contributed by atoms with E-state index in [1.54, 1.807) is 0 Å². The highest BCUT2D eigenvalue weighted by Gasteiger charge is 2.00. The molecule has 0 radical (unpaired) electrons. The van der Waals surface area contributed by atoms with Crippen molar-refractivity contribution in [2.24, 2.45) is 0 Å². The maximum Gasteiger partial charge on any atom is 0.220 e. The van der Waals surface area contributed by atoms with E-state index in [9.17, 15) is 4.79 Å². The summed E-state index contributed by atoms with van der Waals surface area (Å²) in [7, 11) is 0. The van der Waals surface area contributed by atoms with Gasteiger partial charge >= 0.3 is 0 Å². The van der Waals surface area contributed by atoms with Crippen LogP contribution in [0.5, 0.6) is 0 Å². The molecule has 1 unspecified atom stereocenters.